The van der Waals surface area contributed by atoms with Crippen molar-refractivity contribution in [3.8, 4) is 0 Å². The molecular formula is C13H13N3O. The van der Waals surface area contributed by atoms with E-state index in [4.69, 9.17) is 0 Å². The van der Waals surface area contributed by atoms with Crippen LogP contribution in [0.5, 0.6) is 0 Å². The first-order valence-electron chi connectivity index (χ1n) is 5.32. The summed E-state index contributed by atoms with van der Waals surface area (Å²) in [6.07, 6.45) is 3.29. The van der Waals surface area contributed by atoms with Gasteiger partial charge in [0, 0.05) is 23.7 Å². The van der Waals surface area contributed by atoms with E-state index < -0.39 is 0 Å². The van der Waals surface area contributed by atoms with Gasteiger partial charge in [0.05, 0.1) is 0 Å². The number of amides is 1. The molecule has 0 aliphatic heterocycles. The van der Waals surface area contributed by atoms with Crippen molar-refractivity contribution < 1.29 is 4.79 Å². The molecule has 2 aromatic heterocycles. The summed E-state index contributed by atoms with van der Waals surface area (Å²) < 4.78 is 0. The van der Waals surface area contributed by atoms with E-state index in [1.165, 1.54) is 0 Å². The summed E-state index contributed by atoms with van der Waals surface area (Å²) in [7, 11) is 0. The third-order valence-electron chi connectivity index (χ3n) is 2.32. The van der Waals surface area contributed by atoms with Gasteiger partial charge >= 0.3 is 0 Å². The lowest BCUT2D eigenvalue weighted by atomic mass is 10.2. The Bertz CT molecular complexity index is 552. The second-order valence-electron chi connectivity index (χ2n) is 3.86. The van der Waals surface area contributed by atoms with E-state index >= 15 is 0 Å². The van der Waals surface area contributed by atoms with E-state index in [0.717, 1.165) is 11.3 Å². The predicted octanol–water partition coefficient (Wildman–Crippen LogP) is 2.35. The van der Waals surface area contributed by atoms with Gasteiger partial charge in [-0.15, -0.1) is 0 Å². The van der Waals surface area contributed by atoms with Gasteiger partial charge in [-0.3, -0.25) is 9.78 Å². The number of pyridine rings is 2. The molecule has 0 aliphatic rings. The fraction of sp³-hybridized carbons (Fsp3) is 0.154. The molecule has 4 heteroatoms. The zero-order valence-corrected chi connectivity index (χ0v) is 9.77. The summed E-state index contributed by atoms with van der Waals surface area (Å²) in [5, 5.41) is 2.75. The minimum absolute atomic E-state index is 0.173. The lowest BCUT2D eigenvalue weighted by Gasteiger charge is -2.05. The Balaban J connectivity index is 2.17. The van der Waals surface area contributed by atoms with Crippen molar-refractivity contribution in [1.82, 2.24) is 9.97 Å². The fourth-order valence-corrected chi connectivity index (χ4v) is 1.48. The van der Waals surface area contributed by atoms with Crippen LogP contribution in [0, 0.1) is 13.8 Å². The quantitative estimate of drug-likeness (QED) is 0.856. The molecule has 86 valence electrons. The van der Waals surface area contributed by atoms with Gasteiger partial charge in [0.25, 0.3) is 5.91 Å². The molecule has 17 heavy (non-hydrogen) atoms. The van der Waals surface area contributed by atoms with Crippen LogP contribution in [-0.2, 0) is 0 Å². The van der Waals surface area contributed by atoms with Crippen molar-refractivity contribution >= 4 is 11.7 Å². The highest BCUT2D eigenvalue weighted by Gasteiger charge is 2.06. The summed E-state index contributed by atoms with van der Waals surface area (Å²) in [6, 6.07) is 7.13. The zero-order chi connectivity index (χ0) is 12.3. The Morgan fingerprint density at radius 2 is 1.88 bits per heavy atom. The molecule has 0 saturated carbocycles. The molecule has 4 nitrogen and oxygen atoms in total. The number of nitrogens with zero attached hydrogens (tertiary/aromatic N) is 2. The van der Waals surface area contributed by atoms with Crippen molar-refractivity contribution in [3.05, 3.63) is 53.5 Å². The van der Waals surface area contributed by atoms with E-state index in [2.05, 4.69) is 15.3 Å². The number of aromatic nitrogens is 2. The molecule has 0 fully saturated rings. The molecule has 1 amide bonds. The maximum atomic E-state index is 11.9. The van der Waals surface area contributed by atoms with Crippen LogP contribution in [0.3, 0.4) is 0 Å². The summed E-state index contributed by atoms with van der Waals surface area (Å²) >= 11 is 0. The topological polar surface area (TPSA) is 54.9 Å². The third kappa shape index (κ3) is 2.87. The van der Waals surface area contributed by atoms with Crippen LogP contribution in [-0.4, -0.2) is 15.9 Å². The van der Waals surface area contributed by atoms with Gasteiger partial charge in [-0.2, -0.15) is 0 Å². The SMILES string of the molecule is Cc1ccnc(NC(=O)c2ccnc(C)c2)c1. The number of aryl methyl sites for hydroxylation is 2. The second-order valence-corrected chi connectivity index (χ2v) is 3.86. The third-order valence-corrected chi connectivity index (χ3v) is 2.32. The minimum atomic E-state index is -0.173. The Kier molecular flexibility index (Phi) is 3.14. The Morgan fingerprint density at radius 1 is 1.12 bits per heavy atom. The Hall–Kier alpha value is -2.23. The molecule has 0 aliphatic carbocycles. The molecule has 2 aromatic rings. The highest BCUT2D eigenvalue weighted by Crippen LogP contribution is 2.08. The van der Waals surface area contributed by atoms with Gasteiger partial charge in [0.1, 0.15) is 5.82 Å². The standard InChI is InChI=1S/C13H13N3O/c1-9-3-5-15-12(7-9)16-13(17)11-4-6-14-10(2)8-11/h3-8H,1-2H3,(H,15,16,17). The van der Waals surface area contributed by atoms with E-state index in [1.807, 2.05) is 26.0 Å². The maximum absolute atomic E-state index is 11.9. The monoisotopic (exact) mass is 227 g/mol. The van der Waals surface area contributed by atoms with Crippen molar-refractivity contribution in [2.24, 2.45) is 0 Å². The number of hydrogen-bond donors (Lipinski definition) is 1. The van der Waals surface area contributed by atoms with Crippen LogP contribution in [0.25, 0.3) is 0 Å². The lowest BCUT2D eigenvalue weighted by molar-refractivity contribution is 0.102. The Morgan fingerprint density at radius 3 is 2.59 bits per heavy atom. The van der Waals surface area contributed by atoms with Gasteiger partial charge in [-0.1, -0.05) is 0 Å². The van der Waals surface area contributed by atoms with Crippen molar-refractivity contribution in [3.63, 3.8) is 0 Å². The molecule has 0 spiro atoms. The first kappa shape index (κ1) is 11.3. The molecule has 2 heterocycles. The molecule has 0 unspecified atom stereocenters. The second kappa shape index (κ2) is 4.74. The number of hydrogen-bond acceptors (Lipinski definition) is 3. The minimum Gasteiger partial charge on any atom is -0.307 e. The number of rotatable bonds is 2. The summed E-state index contributed by atoms with van der Waals surface area (Å²) in [6.45, 7) is 3.80. The van der Waals surface area contributed by atoms with Crippen molar-refractivity contribution in [1.29, 1.82) is 0 Å². The number of carbonyl (C=O) groups is 1. The van der Waals surface area contributed by atoms with Crippen LogP contribution >= 0.6 is 0 Å². The number of nitrogens with one attached hydrogen (secondary N) is 1. The highest BCUT2D eigenvalue weighted by molar-refractivity contribution is 6.03. The van der Waals surface area contributed by atoms with Gasteiger partial charge in [0.2, 0.25) is 0 Å². The van der Waals surface area contributed by atoms with E-state index in [0.29, 0.717) is 11.4 Å². The van der Waals surface area contributed by atoms with E-state index in [1.54, 1.807) is 24.5 Å². The molecule has 1 N–H and O–H groups in total. The van der Waals surface area contributed by atoms with Crippen molar-refractivity contribution in [2.45, 2.75) is 13.8 Å². The lowest BCUT2D eigenvalue weighted by Crippen LogP contribution is -2.13. The normalized spacial score (nSPS) is 10.0. The molecule has 0 radical (unpaired) electrons. The first-order chi connectivity index (χ1) is 8.15. The molecule has 0 saturated heterocycles. The van der Waals surface area contributed by atoms with Crippen LogP contribution in [0.4, 0.5) is 5.82 Å². The molecule has 0 atom stereocenters. The van der Waals surface area contributed by atoms with Gasteiger partial charge in [-0.05, 0) is 43.7 Å². The summed E-state index contributed by atoms with van der Waals surface area (Å²) in [5.41, 5.74) is 2.46. The first-order valence-corrected chi connectivity index (χ1v) is 5.32. The average Bonchev–Trinajstić information content (AvgIpc) is 2.29. The van der Waals surface area contributed by atoms with Gasteiger partial charge < -0.3 is 5.32 Å². The Labute approximate surface area is 99.7 Å². The molecule has 2 rings (SSSR count). The van der Waals surface area contributed by atoms with E-state index in [9.17, 15) is 4.79 Å². The average molecular weight is 227 g/mol. The maximum Gasteiger partial charge on any atom is 0.256 e. The van der Waals surface area contributed by atoms with Crippen LogP contribution in [0.2, 0.25) is 0 Å². The van der Waals surface area contributed by atoms with Crippen LogP contribution in [0.15, 0.2) is 36.7 Å². The smallest absolute Gasteiger partial charge is 0.256 e. The molecule has 0 aromatic carbocycles. The van der Waals surface area contributed by atoms with Gasteiger partial charge in [-0.25, -0.2) is 4.98 Å². The zero-order valence-electron chi connectivity index (χ0n) is 9.77. The largest absolute Gasteiger partial charge is 0.307 e. The summed E-state index contributed by atoms with van der Waals surface area (Å²) in [4.78, 5) is 20.0. The van der Waals surface area contributed by atoms with Gasteiger partial charge in [0.15, 0.2) is 0 Å². The van der Waals surface area contributed by atoms with Crippen LogP contribution in [0.1, 0.15) is 21.6 Å². The van der Waals surface area contributed by atoms with E-state index in [-0.39, 0.29) is 5.91 Å². The number of anilines is 1. The van der Waals surface area contributed by atoms with Crippen molar-refractivity contribution in [2.75, 3.05) is 5.32 Å². The number of carbonyl (C=O) groups excluding carboxylic acids is 1. The molecular weight excluding hydrogens is 214 g/mol. The summed E-state index contributed by atoms with van der Waals surface area (Å²) in [5.74, 6) is 0.387. The highest BCUT2D eigenvalue weighted by atomic mass is 16.1. The fourth-order valence-electron chi connectivity index (χ4n) is 1.48. The molecule has 0 bridgehead atoms. The van der Waals surface area contributed by atoms with Crippen LogP contribution < -0.4 is 5.32 Å². The predicted molar refractivity (Wildman–Crippen MR) is 65.9 cm³/mol.